The van der Waals surface area contributed by atoms with Gasteiger partial charge in [0.05, 0.1) is 18.3 Å². The number of likely N-dealkylation sites (N-methyl/N-ethyl adjacent to an activating group) is 1. The van der Waals surface area contributed by atoms with Crippen molar-refractivity contribution < 1.29 is 13.9 Å². The summed E-state index contributed by atoms with van der Waals surface area (Å²) in [6.07, 6.45) is 1.55. The van der Waals surface area contributed by atoms with Crippen molar-refractivity contribution in [2.24, 2.45) is 0 Å². The second kappa shape index (κ2) is 8.54. The average molecular weight is 353 g/mol. The van der Waals surface area contributed by atoms with Gasteiger partial charge in [-0.25, -0.2) is 0 Å². The van der Waals surface area contributed by atoms with Gasteiger partial charge in [-0.3, -0.25) is 9.69 Å². The largest absolute Gasteiger partial charge is 0.490 e. The Labute approximate surface area is 152 Å². The van der Waals surface area contributed by atoms with Gasteiger partial charge in [0.15, 0.2) is 16.9 Å². The number of rotatable bonds is 8. The lowest BCUT2D eigenvalue weighted by atomic mass is 10.1. The minimum atomic E-state index is 0.0151. The van der Waals surface area contributed by atoms with Crippen molar-refractivity contribution >= 4 is 11.0 Å². The molecule has 0 radical (unpaired) electrons. The third-order valence-corrected chi connectivity index (χ3v) is 4.07. The zero-order chi connectivity index (χ0) is 18.4. The van der Waals surface area contributed by atoms with Crippen molar-refractivity contribution in [3.05, 3.63) is 70.6 Å². The minimum absolute atomic E-state index is 0.0151. The molecule has 0 spiro atoms. The van der Waals surface area contributed by atoms with E-state index in [0.29, 0.717) is 42.8 Å². The second-order valence-corrected chi connectivity index (χ2v) is 6.05. The maximum absolute atomic E-state index is 12.5. The number of nitrogens with zero attached hydrogens (tertiary/aromatic N) is 1. The van der Waals surface area contributed by atoms with E-state index < -0.39 is 0 Å². The average Bonchev–Trinajstić information content (AvgIpc) is 2.66. The molecule has 5 nitrogen and oxygen atoms in total. The van der Waals surface area contributed by atoms with Gasteiger partial charge < -0.3 is 13.9 Å². The van der Waals surface area contributed by atoms with Crippen molar-refractivity contribution in [3.63, 3.8) is 0 Å². The number of fused-ring (bicyclic) bond motifs is 1. The molecule has 3 rings (SSSR count). The van der Waals surface area contributed by atoms with Crippen LogP contribution in [0.25, 0.3) is 11.0 Å². The number of benzene rings is 2. The summed E-state index contributed by atoms with van der Waals surface area (Å²) in [7, 11) is 1.95. The Balaban J connectivity index is 1.59. The molecule has 0 atom stereocenters. The fourth-order valence-electron chi connectivity index (χ4n) is 2.75. The lowest BCUT2D eigenvalue weighted by molar-refractivity contribution is 0.221. The summed E-state index contributed by atoms with van der Waals surface area (Å²) >= 11 is 0. The Bertz CT molecular complexity index is 919. The Hall–Kier alpha value is -2.79. The highest BCUT2D eigenvalue weighted by atomic mass is 16.5. The summed E-state index contributed by atoms with van der Waals surface area (Å²) in [5.41, 5.74) is 1.27. The van der Waals surface area contributed by atoms with Crippen LogP contribution in [0.1, 0.15) is 12.5 Å². The van der Waals surface area contributed by atoms with E-state index in [-0.39, 0.29) is 5.43 Å². The highest BCUT2D eigenvalue weighted by Gasteiger charge is 2.10. The maximum atomic E-state index is 12.5. The Morgan fingerprint density at radius 1 is 1.00 bits per heavy atom. The minimum Gasteiger partial charge on any atom is -0.490 e. The van der Waals surface area contributed by atoms with E-state index >= 15 is 0 Å². The molecule has 3 aromatic rings. The molecule has 136 valence electrons. The summed E-state index contributed by atoms with van der Waals surface area (Å²) < 4.78 is 17.0. The van der Waals surface area contributed by atoms with Crippen LogP contribution in [-0.2, 0) is 6.54 Å². The third kappa shape index (κ3) is 4.24. The molecule has 0 unspecified atom stereocenters. The highest BCUT2D eigenvalue weighted by Crippen LogP contribution is 2.26. The first kappa shape index (κ1) is 18.0. The summed E-state index contributed by atoms with van der Waals surface area (Å²) in [5.74, 6) is 1.47. The number of hydrogen-bond acceptors (Lipinski definition) is 5. The van der Waals surface area contributed by atoms with E-state index in [1.54, 1.807) is 18.4 Å². The first-order valence-corrected chi connectivity index (χ1v) is 8.71. The fraction of sp³-hybridized carbons (Fsp3) is 0.286. The number of para-hydroxylation sites is 3. The van der Waals surface area contributed by atoms with Gasteiger partial charge in [0, 0.05) is 18.7 Å². The topological polar surface area (TPSA) is 51.9 Å². The van der Waals surface area contributed by atoms with Gasteiger partial charge in [-0.05, 0) is 38.2 Å². The van der Waals surface area contributed by atoms with Crippen molar-refractivity contribution in [3.8, 4) is 11.5 Å². The van der Waals surface area contributed by atoms with E-state index in [0.717, 1.165) is 11.5 Å². The van der Waals surface area contributed by atoms with Gasteiger partial charge in [0.25, 0.3) is 0 Å². The van der Waals surface area contributed by atoms with Crippen LogP contribution in [-0.4, -0.2) is 31.7 Å². The maximum Gasteiger partial charge on any atom is 0.197 e. The van der Waals surface area contributed by atoms with Crippen molar-refractivity contribution in [2.45, 2.75) is 13.5 Å². The number of hydrogen-bond donors (Lipinski definition) is 0. The molecule has 0 amide bonds. The Morgan fingerprint density at radius 2 is 1.69 bits per heavy atom. The van der Waals surface area contributed by atoms with Crippen LogP contribution < -0.4 is 14.9 Å². The van der Waals surface area contributed by atoms with Crippen LogP contribution in [0.2, 0.25) is 0 Å². The molecule has 0 N–H and O–H groups in total. The summed E-state index contributed by atoms with van der Waals surface area (Å²) in [6, 6.07) is 14.9. The SMILES string of the molecule is CCOc1ccccc1OCCN(C)Cc1coc2ccccc2c1=O. The number of ether oxygens (including phenoxy) is 2. The Kier molecular flexibility index (Phi) is 5.92. The highest BCUT2D eigenvalue weighted by molar-refractivity contribution is 5.76. The van der Waals surface area contributed by atoms with Crippen LogP contribution in [0, 0.1) is 0 Å². The summed E-state index contributed by atoms with van der Waals surface area (Å²) in [4.78, 5) is 14.6. The van der Waals surface area contributed by atoms with Crippen LogP contribution in [0.5, 0.6) is 11.5 Å². The van der Waals surface area contributed by atoms with E-state index in [2.05, 4.69) is 0 Å². The fourth-order valence-corrected chi connectivity index (χ4v) is 2.75. The normalized spacial score (nSPS) is 11.0. The van der Waals surface area contributed by atoms with Crippen molar-refractivity contribution in [2.75, 3.05) is 26.8 Å². The smallest absolute Gasteiger partial charge is 0.197 e. The van der Waals surface area contributed by atoms with Crippen LogP contribution in [0.15, 0.2) is 64.0 Å². The molecule has 2 aromatic carbocycles. The summed E-state index contributed by atoms with van der Waals surface area (Å²) in [6.45, 7) is 4.22. The second-order valence-electron chi connectivity index (χ2n) is 6.05. The molecule has 1 heterocycles. The van der Waals surface area contributed by atoms with E-state index in [1.165, 1.54) is 0 Å². The predicted octanol–water partition coefficient (Wildman–Crippen LogP) is 3.70. The molecule has 0 saturated carbocycles. The molecule has 5 heteroatoms. The Morgan fingerprint density at radius 3 is 2.46 bits per heavy atom. The quantitative estimate of drug-likeness (QED) is 0.618. The molecule has 0 saturated heterocycles. The first-order chi connectivity index (χ1) is 12.7. The molecule has 26 heavy (non-hydrogen) atoms. The monoisotopic (exact) mass is 353 g/mol. The van der Waals surface area contributed by atoms with E-state index in [4.69, 9.17) is 13.9 Å². The molecule has 1 aromatic heterocycles. The lowest BCUT2D eigenvalue weighted by Crippen LogP contribution is -2.26. The molecule has 0 aliphatic rings. The third-order valence-electron chi connectivity index (χ3n) is 4.07. The zero-order valence-electron chi connectivity index (χ0n) is 15.1. The summed E-state index contributed by atoms with van der Waals surface area (Å²) in [5, 5.41) is 0.611. The van der Waals surface area contributed by atoms with Gasteiger partial charge in [-0.1, -0.05) is 24.3 Å². The van der Waals surface area contributed by atoms with Gasteiger partial charge in [-0.15, -0.1) is 0 Å². The first-order valence-electron chi connectivity index (χ1n) is 8.71. The molecule has 0 bridgehead atoms. The lowest BCUT2D eigenvalue weighted by Gasteiger charge is -2.17. The standard InChI is InChI=1S/C21H23NO4/c1-3-24-19-10-6-7-11-20(19)25-13-12-22(2)14-16-15-26-18-9-5-4-8-17(18)21(16)23/h4-11,15H,3,12-14H2,1-2H3. The van der Waals surface area contributed by atoms with Crippen molar-refractivity contribution in [1.29, 1.82) is 0 Å². The molecule has 0 aliphatic heterocycles. The molecule has 0 fully saturated rings. The van der Waals surface area contributed by atoms with Crippen molar-refractivity contribution in [1.82, 2.24) is 4.90 Å². The van der Waals surface area contributed by atoms with Gasteiger partial charge in [0.1, 0.15) is 12.2 Å². The van der Waals surface area contributed by atoms with Gasteiger partial charge >= 0.3 is 0 Å². The predicted molar refractivity (Wildman–Crippen MR) is 102 cm³/mol. The van der Waals surface area contributed by atoms with E-state index in [9.17, 15) is 4.79 Å². The molecular weight excluding hydrogens is 330 g/mol. The van der Waals surface area contributed by atoms with Crippen LogP contribution in [0.3, 0.4) is 0 Å². The molecular formula is C21H23NO4. The van der Waals surface area contributed by atoms with Gasteiger partial charge in [-0.2, -0.15) is 0 Å². The van der Waals surface area contributed by atoms with Crippen LogP contribution in [0.4, 0.5) is 0 Å². The van der Waals surface area contributed by atoms with Gasteiger partial charge in [0.2, 0.25) is 0 Å². The van der Waals surface area contributed by atoms with E-state index in [1.807, 2.05) is 55.3 Å². The molecule has 0 aliphatic carbocycles. The zero-order valence-corrected chi connectivity index (χ0v) is 15.1. The van der Waals surface area contributed by atoms with Crippen LogP contribution >= 0.6 is 0 Å².